The summed E-state index contributed by atoms with van der Waals surface area (Å²) in [5.41, 5.74) is 1.25. The molecule has 3 atom stereocenters. The van der Waals surface area contributed by atoms with Gasteiger partial charge in [-0.25, -0.2) is 0 Å². The lowest BCUT2D eigenvalue weighted by atomic mass is 9.71. The Labute approximate surface area is 103 Å². The Morgan fingerprint density at radius 2 is 2.24 bits per heavy atom. The van der Waals surface area contributed by atoms with Crippen molar-refractivity contribution in [3.63, 3.8) is 0 Å². The number of rotatable bonds is 4. The minimum Gasteiger partial charge on any atom is -0.496 e. The molecule has 3 rings (SSSR count). The molecule has 0 aromatic heterocycles. The molecule has 0 radical (unpaired) electrons. The highest BCUT2D eigenvalue weighted by Gasteiger charge is 2.40. The van der Waals surface area contributed by atoms with Gasteiger partial charge in [0.05, 0.1) is 7.11 Å². The predicted molar refractivity (Wildman–Crippen MR) is 69.0 cm³/mol. The molecule has 0 saturated heterocycles. The molecule has 2 aliphatic carbocycles. The number of hydrogen-bond acceptors (Lipinski definition) is 2. The molecule has 1 aromatic rings. The molecule has 3 unspecified atom stereocenters. The Kier molecular flexibility index (Phi) is 2.89. The van der Waals surface area contributed by atoms with Gasteiger partial charge in [-0.1, -0.05) is 30.4 Å². The molecule has 0 spiro atoms. The van der Waals surface area contributed by atoms with Crippen molar-refractivity contribution in [2.24, 2.45) is 11.8 Å². The van der Waals surface area contributed by atoms with E-state index in [1.54, 1.807) is 7.11 Å². The van der Waals surface area contributed by atoms with Crippen LogP contribution in [0.1, 0.15) is 18.4 Å². The summed E-state index contributed by atoms with van der Waals surface area (Å²) in [5.74, 6) is 2.69. The van der Waals surface area contributed by atoms with Crippen molar-refractivity contribution in [2.45, 2.75) is 25.4 Å². The van der Waals surface area contributed by atoms with E-state index in [4.69, 9.17) is 4.74 Å². The lowest BCUT2D eigenvalue weighted by Crippen LogP contribution is -2.47. The van der Waals surface area contributed by atoms with Gasteiger partial charge >= 0.3 is 0 Å². The molecule has 1 aromatic carbocycles. The fraction of sp³-hybridized carbons (Fsp3) is 0.467. The van der Waals surface area contributed by atoms with E-state index in [1.807, 2.05) is 12.1 Å². The third-order valence-corrected chi connectivity index (χ3v) is 4.11. The van der Waals surface area contributed by atoms with Crippen molar-refractivity contribution < 1.29 is 4.74 Å². The lowest BCUT2D eigenvalue weighted by molar-refractivity contribution is 0.162. The molecule has 0 heterocycles. The number of methoxy groups -OCH3 is 1. The van der Waals surface area contributed by atoms with Crippen molar-refractivity contribution in [1.82, 2.24) is 5.32 Å². The average Bonchev–Trinajstić information content (AvgIpc) is 2.72. The van der Waals surface area contributed by atoms with Crippen LogP contribution >= 0.6 is 0 Å². The Morgan fingerprint density at radius 3 is 3.06 bits per heavy atom. The zero-order valence-electron chi connectivity index (χ0n) is 10.2. The van der Waals surface area contributed by atoms with Crippen LogP contribution in [0.5, 0.6) is 5.75 Å². The van der Waals surface area contributed by atoms with Crippen molar-refractivity contribution in [2.75, 3.05) is 7.11 Å². The highest BCUT2D eigenvalue weighted by atomic mass is 16.5. The van der Waals surface area contributed by atoms with Crippen LogP contribution in [-0.4, -0.2) is 13.2 Å². The van der Waals surface area contributed by atoms with Gasteiger partial charge in [0, 0.05) is 18.2 Å². The third-order valence-electron chi connectivity index (χ3n) is 4.11. The Bertz CT molecular complexity index is 427. The van der Waals surface area contributed by atoms with Gasteiger partial charge in [-0.15, -0.1) is 0 Å². The zero-order valence-corrected chi connectivity index (χ0v) is 10.2. The minimum atomic E-state index is 0.670. The van der Waals surface area contributed by atoms with Gasteiger partial charge in [-0.3, -0.25) is 0 Å². The maximum Gasteiger partial charge on any atom is 0.123 e. The van der Waals surface area contributed by atoms with E-state index < -0.39 is 0 Å². The molecule has 1 fully saturated rings. The number of hydrogen-bond donors (Lipinski definition) is 1. The van der Waals surface area contributed by atoms with Gasteiger partial charge in [0.2, 0.25) is 0 Å². The highest BCUT2D eigenvalue weighted by molar-refractivity contribution is 5.33. The Hall–Kier alpha value is -1.28. The first kappa shape index (κ1) is 10.8. The Morgan fingerprint density at radius 1 is 1.35 bits per heavy atom. The van der Waals surface area contributed by atoms with E-state index >= 15 is 0 Å². The fourth-order valence-electron chi connectivity index (χ4n) is 3.04. The van der Waals surface area contributed by atoms with Gasteiger partial charge in [-0.2, -0.15) is 0 Å². The van der Waals surface area contributed by atoms with Gasteiger partial charge in [-0.05, 0) is 30.7 Å². The minimum absolute atomic E-state index is 0.670. The normalized spacial score (nSPS) is 29.8. The smallest absolute Gasteiger partial charge is 0.123 e. The van der Waals surface area contributed by atoms with Crippen LogP contribution in [0.4, 0.5) is 0 Å². The molecule has 2 heteroatoms. The highest BCUT2D eigenvalue weighted by Crippen LogP contribution is 2.42. The number of nitrogens with one attached hydrogen (secondary N) is 1. The van der Waals surface area contributed by atoms with Gasteiger partial charge in [0.1, 0.15) is 5.75 Å². The first-order valence-electron chi connectivity index (χ1n) is 6.40. The third kappa shape index (κ3) is 1.98. The molecule has 17 heavy (non-hydrogen) atoms. The maximum absolute atomic E-state index is 5.36. The lowest BCUT2D eigenvalue weighted by Gasteiger charge is -2.40. The number of fused-ring (bicyclic) bond motifs is 1. The van der Waals surface area contributed by atoms with E-state index in [0.29, 0.717) is 6.04 Å². The number of benzene rings is 1. The topological polar surface area (TPSA) is 21.3 Å². The standard InChI is InChI=1S/C15H19NO/c1-17-15-8-3-2-5-12(15)10-16-14-9-11-6-4-7-13(11)14/h2-5,7-8,11,13-14,16H,6,9-10H2,1H3. The van der Waals surface area contributed by atoms with E-state index in [2.05, 4.69) is 29.6 Å². The average molecular weight is 229 g/mol. The monoisotopic (exact) mass is 229 g/mol. The van der Waals surface area contributed by atoms with Crippen molar-refractivity contribution in [3.8, 4) is 5.75 Å². The molecule has 0 aliphatic heterocycles. The molecule has 0 amide bonds. The summed E-state index contributed by atoms with van der Waals surface area (Å²) in [4.78, 5) is 0. The van der Waals surface area contributed by atoms with Crippen LogP contribution in [0.25, 0.3) is 0 Å². The second-order valence-electron chi connectivity index (χ2n) is 5.04. The largest absolute Gasteiger partial charge is 0.496 e. The number of ether oxygens (including phenoxy) is 1. The van der Waals surface area contributed by atoms with Crippen LogP contribution < -0.4 is 10.1 Å². The van der Waals surface area contributed by atoms with Crippen molar-refractivity contribution in [3.05, 3.63) is 42.0 Å². The number of allylic oxidation sites excluding steroid dienone is 1. The summed E-state index contributed by atoms with van der Waals surface area (Å²) in [6.07, 6.45) is 7.33. The molecule has 2 aliphatic rings. The van der Waals surface area contributed by atoms with Crippen LogP contribution in [0.15, 0.2) is 36.4 Å². The van der Waals surface area contributed by atoms with Gasteiger partial charge in [0.15, 0.2) is 0 Å². The van der Waals surface area contributed by atoms with Crippen LogP contribution in [-0.2, 0) is 6.54 Å². The second-order valence-corrected chi connectivity index (χ2v) is 5.04. The molecular formula is C15H19NO. The van der Waals surface area contributed by atoms with Gasteiger partial charge in [0.25, 0.3) is 0 Å². The molecule has 2 nitrogen and oxygen atoms in total. The summed E-state index contributed by atoms with van der Waals surface area (Å²) < 4.78 is 5.36. The SMILES string of the molecule is COc1ccccc1CNC1CC2CC=CC21. The van der Waals surface area contributed by atoms with Crippen molar-refractivity contribution >= 4 is 0 Å². The molecular weight excluding hydrogens is 210 g/mol. The fourth-order valence-corrected chi connectivity index (χ4v) is 3.04. The first-order chi connectivity index (χ1) is 8.38. The first-order valence-corrected chi connectivity index (χ1v) is 6.40. The van der Waals surface area contributed by atoms with Crippen molar-refractivity contribution in [1.29, 1.82) is 0 Å². The zero-order chi connectivity index (χ0) is 11.7. The Balaban J connectivity index is 1.59. The predicted octanol–water partition coefficient (Wildman–Crippen LogP) is 2.75. The van der Waals surface area contributed by atoms with E-state index in [9.17, 15) is 0 Å². The quantitative estimate of drug-likeness (QED) is 0.802. The molecule has 90 valence electrons. The van der Waals surface area contributed by atoms with Gasteiger partial charge < -0.3 is 10.1 Å². The van der Waals surface area contributed by atoms with Crippen LogP contribution in [0.2, 0.25) is 0 Å². The molecule has 1 saturated carbocycles. The van der Waals surface area contributed by atoms with E-state index in [-0.39, 0.29) is 0 Å². The maximum atomic E-state index is 5.36. The summed E-state index contributed by atoms with van der Waals surface area (Å²) in [6.45, 7) is 0.908. The van der Waals surface area contributed by atoms with E-state index in [1.165, 1.54) is 18.4 Å². The summed E-state index contributed by atoms with van der Waals surface area (Å²) in [6, 6.07) is 8.91. The molecule has 1 N–H and O–H groups in total. The second kappa shape index (κ2) is 4.53. The summed E-state index contributed by atoms with van der Waals surface area (Å²) in [5, 5.41) is 3.65. The van der Waals surface area contributed by atoms with E-state index in [0.717, 1.165) is 24.1 Å². The van der Waals surface area contributed by atoms with Crippen LogP contribution in [0.3, 0.4) is 0 Å². The summed E-state index contributed by atoms with van der Waals surface area (Å²) in [7, 11) is 1.73. The summed E-state index contributed by atoms with van der Waals surface area (Å²) >= 11 is 0. The molecule has 0 bridgehead atoms. The van der Waals surface area contributed by atoms with Crippen LogP contribution in [0, 0.1) is 11.8 Å². The number of para-hydroxylation sites is 1.